The van der Waals surface area contributed by atoms with Crippen LogP contribution in [0.5, 0.6) is 0 Å². The molecule has 6 heteroatoms. The molecule has 25 heavy (non-hydrogen) atoms. The van der Waals surface area contributed by atoms with Crippen molar-refractivity contribution in [2.75, 3.05) is 16.8 Å². The van der Waals surface area contributed by atoms with Crippen LogP contribution in [0.25, 0.3) is 0 Å². The molecule has 4 rings (SSSR count). The van der Waals surface area contributed by atoms with Gasteiger partial charge in [-0.15, -0.1) is 23.5 Å². The predicted octanol–water partition coefficient (Wildman–Crippen LogP) is 3.73. The highest BCUT2D eigenvalue weighted by atomic mass is 32.2. The molecule has 2 aliphatic carbocycles. The van der Waals surface area contributed by atoms with E-state index < -0.39 is 5.91 Å². The van der Waals surface area contributed by atoms with E-state index in [0.29, 0.717) is 21.5 Å². The number of primary amides is 1. The zero-order valence-corrected chi connectivity index (χ0v) is 15.8. The Balaban J connectivity index is 1.44. The molecule has 2 amide bonds. The van der Waals surface area contributed by atoms with Crippen molar-refractivity contribution < 1.29 is 9.59 Å². The standard InChI is InChI=1S/C19H24N2O2S2/c20-17(22)12-4-6-16(7-5-12)21-18(23)13-10-14-2-1-3-15(11-13)19(14)24-8-9-25-19/h4-7,13-15H,1-3,8-11H2,(H2,20,22)(H,21,23). The first-order valence-electron chi connectivity index (χ1n) is 9.07. The average molecular weight is 377 g/mol. The lowest BCUT2D eigenvalue weighted by atomic mass is 9.67. The van der Waals surface area contributed by atoms with E-state index in [1.54, 1.807) is 24.3 Å². The van der Waals surface area contributed by atoms with Gasteiger partial charge in [0.15, 0.2) is 0 Å². The molecule has 2 saturated carbocycles. The molecule has 2 atom stereocenters. The van der Waals surface area contributed by atoms with E-state index in [4.69, 9.17) is 5.73 Å². The van der Waals surface area contributed by atoms with E-state index in [2.05, 4.69) is 28.8 Å². The molecule has 0 aromatic heterocycles. The molecular formula is C19H24N2O2S2. The summed E-state index contributed by atoms with van der Waals surface area (Å²) in [5.74, 6) is 3.66. The van der Waals surface area contributed by atoms with Crippen LogP contribution in [-0.2, 0) is 4.79 Å². The number of hydrogen-bond acceptors (Lipinski definition) is 4. The highest BCUT2D eigenvalue weighted by Gasteiger charge is 2.55. The highest BCUT2D eigenvalue weighted by Crippen LogP contribution is 2.64. The molecule has 3 aliphatic rings. The lowest BCUT2D eigenvalue weighted by Crippen LogP contribution is -2.48. The third kappa shape index (κ3) is 3.19. The summed E-state index contributed by atoms with van der Waals surface area (Å²) in [4.78, 5) is 24.0. The van der Waals surface area contributed by atoms with E-state index in [1.807, 2.05) is 0 Å². The smallest absolute Gasteiger partial charge is 0.248 e. The zero-order valence-electron chi connectivity index (χ0n) is 14.2. The SMILES string of the molecule is NC(=O)c1ccc(NC(=O)C2CC3CCCC(C2)C32SCCS2)cc1. The van der Waals surface area contributed by atoms with E-state index in [9.17, 15) is 9.59 Å². The van der Waals surface area contributed by atoms with Crippen LogP contribution >= 0.6 is 23.5 Å². The number of nitrogens with one attached hydrogen (secondary N) is 1. The maximum absolute atomic E-state index is 12.8. The first-order valence-corrected chi connectivity index (χ1v) is 11.0. The predicted molar refractivity (Wildman–Crippen MR) is 105 cm³/mol. The summed E-state index contributed by atoms with van der Waals surface area (Å²) in [6, 6.07) is 6.83. The Hall–Kier alpha value is -1.14. The van der Waals surface area contributed by atoms with Gasteiger partial charge in [0.05, 0.1) is 4.08 Å². The highest BCUT2D eigenvalue weighted by molar-refractivity contribution is 8.21. The maximum Gasteiger partial charge on any atom is 0.248 e. The lowest BCUT2D eigenvalue weighted by molar-refractivity contribution is -0.122. The number of amides is 2. The van der Waals surface area contributed by atoms with Crippen molar-refractivity contribution in [1.29, 1.82) is 0 Å². The van der Waals surface area contributed by atoms with Gasteiger partial charge in [-0.25, -0.2) is 0 Å². The molecule has 3 fully saturated rings. The van der Waals surface area contributed by atoms with Crippen LogP contribution in [0.15, 0.2) is 24.3 Å². The van der Waals surface area contributed by atoms with Gasteiger partial charge in [0.1, 0.15) is 0 Å². The monoisotopic (exact) mass is 376 g/mol. The molecule has 0 radical (unpaired) electrons. The van der Waals surface area contributed by atoms with Gasteiger partial charge in [-0.3, -0.25) is 9.59 Å². The number of thioether (sulfide) groups is 2. The normalized spacial score (nSPS) is 30.2. The number of benzene rings is 1. The first kappa shape index (κ1) is 17.3. The summed E-state index contributed by atoms with van der Waals surface area (Å²) >= 11 is 4.33. The van der Waals surface area contributed by atoms with Crippen molar-refractivity contribution in [2.45, 2.75) is 36.2 Å². The van der Waals surface area contributed by atoms with Crippen molar-refractivity contribution in [2.24, 2.45) is 23.5 Å². The molecular weight excluding hydrogens is 352 g/mol. The second kappa shape index (κ2) is 6.88. The van der Waals surface area contributed by atoms with Gasteiger partial charge in [-0.05, 0) is 61.8 Å². The molecule has 1 aromatic carbocycles. The molecule has 1 aromatic rings. The summed E-state index contributed by atoms with van der Waals surface area (Å²) in [5.41, 5.74) is 6.46. The average Bonchev–Trinajstić information content (AvgIpc) is 3.04. The van der Waals surface area contributed by atoms with Crippen LogP contribution < -0.4 is 11.1 Å². The van der Waals surface area contributed by atoms with Gasteiger partial charge in [0, 0.05) is 28.7 Å². The fourth-order valence-corrected chi connectivity index (χ4v) is 8.72. The van der Waals surface area contributed by atoms with E-state index >= 15 is 0 Å². The lowest BCUT2D eigenvalue weighted by Gasteiger charge is -2.52. The van der Waals surface area contributed by atoms with Crippen LogP contribution in [0.4, 0.5) is 5.69 Å². The Morgan fingerprint density at radius 3 is 2.20 bits per heavy atom. The molecule has 1 heterocycles. The molecule has 4 nitrogen and oxygen atoms in total. The topological polar surface area (TPSA) is 72.2 Å². The number of carbonyl (C=O) groups is 2. The molecule has 3 N–H and O–H groups in total. The molecule has 2 unspecified atom stereocenters. The zero-order chi connectivity index (χ0) is 17.4. The minimum atomic E-state index is -0.449. The summed E-state index contributed by atoms with van der Waals surface area (Å²) in [6.45, 7) is 0. The van der Waals surface area contributed by atoms with Gasteiger partial charge < -0.3 is 11.1 Å². The fraction of sp³-hybridized carbons (Fsp3) is 0.579. The van der Waals surface area contributed by atoms with Crippen molar-refractivity contribution in [1.82, 2.24) is 0 Å². The second-order valence-corrected chi connectivity index (χ2v) is 10.3. The molecule has 1 saturated heterocycles. The molecule has 134 valence electrons. The van der Waals surface area contributed by atoms with Gasteiger partial charge >= 0.3 is 0 Å². The number of rotatable bonds is 3. The van der Waals surface area contributed by atoms with Crippen molar-refractivity contribution in [3.8, 4) is 0 Å². The van der Waals surface area contributed by atoms with E-state index in [1.165, 1.54) is 30.8 Å². The van der Waals surface area contributed by atoms with Crippen LogP contribution in [0.3, 0.4) is 0 Å². The summed E-state index contributed by atoms with van der Waals surface area (Å²) < 4.78 is 0.401. The number of anilines is 1. The van der Waals surface area contributed by atoms with Crippen molar-refractivity contribution in [3.05, 3.63) is 29.8 Å². The van der Waals surface area contributed by atoms with Gasteiger partial charge in [0.2, 0.25) is 11.8 Å². The first-order chi connectivity index (χ1) is 12.1. The van der Waals surface area contributed by atoms with Crippen LogP contribution in [-0.4, -0.2) is 27.4 Å². The quantitative estimate of drug-likeness (QED) is 0.843. The number of nitrogens with two attached hydrogens (primary N) is 1. The minimum absolute atomic E-state index is 0.110. The fourth-order valence-electron chi connectivity index (χ4n) is 4.79. The Morgan fingerprint density at radius 1 is 1.04 bits per heavy atom. The van der Waals surface area contributed by atoms with Gasteiger partial charge in [-0.1, -0.05) is 6.42 Å². The summed E-state index contributed by atoms with van der Waals surface area (Å²) in [5, 5.41) is 3.04. The van der Waals surface area contributed by atoms with Gasteiger partial charge in [-0.2, -0.15) is 0 Å². The van der Waals surface area contributed by atoms with Crippen molar-refractivity contribution in [3.63, 3.8) is 0 Å². The Kier molecular flexibility index (Phi) is 4.75. The molecule has 1 spiro atoms. The largest absolute Gasteiger partial charge is 0.366 e. The summed E-state index contributed by atoms with van der Waals surface area (Å²) in [6.07, 6.45) is 5.89. The van der Waals surface area contributed by atoms with Crippen LogP contribution in [0.1, 0.15) is 42.5 Å². The van der Waals surface area contributed by atoms with E-state index in [-0.39, 0.29) is 11.8 Å². The van der Waals surface area contributed by atoms with Crippen LogP contribution in [0.2, 0.25) is 0 Å². The van der Waals surface area contributed by atoms with Crippen LogP contribution in [0, 0.1) is 17.8 Å². The third-order valence-electron chi connectivity index (χ3n) is 5.93. The molecule has 2 bridgehead atoms. The Bertz CT molecular complexity index is 655. The molecule has 1 aliphatic heterocycles. The Morgan fingerprint density at radius 2 is 1.64 bits per heavy atom. The van der Waals surface area contributed by atoms with Gasteiger partial charge in [0.25, 0.3) is 0 Å². The minimum Gasteiger partial charge on any atom is -0.366 e. The summed E-state index contributed by atoms with van der Waals surface area (Å²) in [7, 11) is 0. The van der Waals surface area contributed by atoms with Crippen molar-refractivity contribution >= 4 is 41.0 Å². The Labute approximate surface area is 157 Å². The maximum atomic E-state index is 12.8. The van der Waals surface area contributed by atoms with E-state index in [0.717, 1.165) is 18.5 Å². The number of hydrogen-bond donors (Lipinski definition) is 2. The third-order valence-corrected chi connectivity index (χ3v) is 9.95. The number of carbonyl (C=O) groups excluding carboxylic acids is 2. The second-order valence-electron chi connectivity index (χ2n) is 7.34.